The number of anilines is 3. The Morgan fingerprint density at radius 1 is 0.974 bits per heavy atom. The number of piperidine rings is 2. The first-order chi connectivity index (χ1) is 18.5. The quantitative estimate of drug-likeness (QED) is 0.564. The topological polar surface area (TPSA) is 111 Å². The molecule has 3 saturated heterocycles. The molecule has 1 aliphatic carbocycles. The van der Waals surface area contributed by atoms with Crippen molar-refractivity contribution < 1.29 is 19.4 Å². The molecule has 0 radical (unpaired) electrons. The third kappa shape index (κ3) is 5.14. The molecule has 4 heterocycles. The van der Waals surface area contributed by atoms with E-state index in [1.54, 1.807) is 6.20 Å². The molecule has 202 valence electrons. The van der Waals surface area contributed by atoms with Crippen molar-refractivity contribution in [3.05, 3.63) is 42.6 Å². The smallest absolute Gasteiger partial charge is 0.410 e. The van der Waals surface area contributed by atoms with Gasteiger partial charge in [0.25, 0.3) is 0 Å². The van der Waals surface area contributed by atoms with Gasteiger partial charge in [0.1, 0.15) is 11.9 Å². The Bertz CT molecular complexity index is 1130. The highest BCUT2D eigenvalue weighted by molar-refractivity contribution is 5.72. The number of likely N-dealkylation sites (tertiary alicyclic amines) is 1. The summed E-state index contributed by atoms with van der Waals surface area (Å²) in [7, 11) is 0. The summed E-state index contributed by atoms with van der Waals surface area (Å²) >= 11 is 0. The van der Waals surface area contributed by atoms with E-state index in [0.717, 1.165) is 76.2 Å². The lowest BCUT2D eigenvalue weighted by atomic mass is 9.92. The van der Waals surface area contributed by atoms with Crippen molar-refractivity contribution in [2.24, 2.45) is 5.92 Å². The van der Waals surface area contributed by atoms with Crippen LogP contribution in [-0.4, -0.2) is 87.3 Å². The van der Waals surface area contributed by atoms with Crippen LogP contribution in [0.25, 0.3) is 0 Å². The van der Waals surface area contributed by atoms with Gasteiger partial charge in [0.15, 0.2) is 0 Å². The number of aliphatic carboxylic acids is 1. The number of rotatable bonds is 7. The monoisotopic (exact) mass is 520 g/mol. The van der Waals surface area contributed by atoms with E-state index in [4.69, 9.17) is 14.8 Å². The number of carboxylic acid groups (broad SMARTS) is 1. The normalized spacial score (nSPS) is 26.8. The van der Waals surface area contributed by atoms with E-state index in [1.165, 1.54) is 0 Å². The second-order valence-electron chi connectivity index (χ2n) is 11.0. The van der Waals surface area contributed by atoms with Crippen molar-refractivity contribution in [1.82, 2.24) is 19.8 Å². The third-order valence-electron chi connectivity index (χ3n) is 8.76. The fourth-order valence-corrected chi connectivity index (χ4v) is 6.85. The van der Waals surface area contributed by atoms with Gasteiger partial charge in [0, 0.05) is 43.5 Å². The molecular weight excluding hydrogens is 484 g/mol. The van der Waals surface area contributed by atoms with Crippen LogP contribution < -0.4 is 10.2 Å². The molecule has 1 aromatic carbocycles. The molecule has 38 heavy (non-hydrogen) atoms. The predicted octanol–water partition coefficient (Wildman–Crippen LogP) is 3.73. The standard InChI is InChI=1S/C28H36N6O4/c35-25(36)18-19-9-14-32(15-10-19)22-6-7-23-26(22)38-28(37)34(23)21-11-16-33(17-12-21)24-8-13-29-27(31-24)30-20-4-2-1-3-5-20/h1-5,8,13,19,21-23,26H,6-7,9-12,14-18H2,(H,35,36)(H,29,30,31). The number of aromatic nitrogens is 2. The average molecular weight is 521 g/mol. The summed E-state index contributed by atoms with van der Waals surface area (Å²) in [5.41, 5.74) is 0.949. The van der Waals surface area contributed by atoms with E-state index in [-0.39, 0.29) is 42.7 Å². The number of nitrogens with zero attached hydrogens (tertiary/aromatic N) is 5. The van der Waals surface area contributed by atoms with Crippen molar-refractivity contribution >= 4 is 29.5 Å². The van der Waals surface area contributed by atoms with Gasteiger partial charge in [0.2, 0.25) is 5.95 Å². The molecule has 3 aliphatic heterocycles. The second kappa shape index (κ2) is 10.8. The zero-order valence-electron chi connectivity index (χ0n) is 21.6. The summed E-state index contributed by atoms with van der Waals surface area (Å²) in [6.07, 6.45) is 7.37. The zero-order chi connectivity index (χ0) is 26.1. The molecule has 3 atom stereocenters. The number of hydrogen-bond acceptors (Lipinski definition) is 8. The summed E-state index contributed by atoms with van der Waals surface area (Å²) in [6, 6.07) is 12.4. The van der Waals surface area contributed by atoms with Crippen molar-refractivity contribution in [3.63, 3.8) is 0 Å². The van der Waals surface area contributed by atoms with Gasteiger partial charge in [-0.2, -0.15) is 4.98 Å². The number of ether oxygens (including phenoxy) is 1. The van der Waals surface area contributed by atoms with Gasteiger partial charge < -0.3 is 20.1 Å². The molecule has 0 spiro atoms. The van der Waals surface area contributed by atoms with Crippen LogP contribution in [0.2, 0.25) is 0 Å². The minimum absolute atomic E-state index is 0.0787. The Morgan fingerprint density at radius 3 is 2.45 bits per heavy atom. The van der Waals surface area contributed by atoms with Crippen molar-refractivity contribution in [2.45, 2.75) is 69.2 Å². The van der Waals surface area contributed by atoms with Crippen molar-refractivity contribution in [2.75, 3.05) is 36.4 Å². The highest BCUT2D eigenvalue weighted by Gasteiger charge is 2.53. The van der Waals surface area contributed by atoms with Crippen LogP contribution in [0.1, 0.15) is 44.9 Å². The molecule has 1 saturated carbocycles. The van der Waals surface area contributed by atoms with E-state index in [0.29, 0.717) is 5.95 Å². The minimum atomic E-state index is -0.709. The van der Waals surface area contributed by atoms with Gasteiger partial charge >= 0.3 is 12.1 Å². The lowest BCUT2D eigenvalue weighted by molar-refractivity contribution is -0.138. The fraction of sp³-hybridized carbons (Fsp3) is 0.571. The van der Waals surface area contributed by atoms with Gasteiger partial charge in [-0.15, -0.1) is 0 Å². The fourth-order valence-electron chi connectivity index (χ4n) is 6.85. The molecule has 10 heteroatoms. The number of para-hydroxylation sites is 1. The SMILES string of the molecule is O=C(O)CC1CCN(C2CCC3C2OC(=O)N3C2CCN(c3ccnc(Nc4ccccc4)n3)CC2)CC1. The molecule has 1 aromatic heterocycles. The first-order valence-corrected chi connectivity index (χ1v) is 13.9. The average Bonchev–Trinajstić information content (AvgIpc) is 3.47. The van der Waals surface area contributed by atoms with Crippen molar-refractivity contribution in [3.8, 4) is 0 Å². The molecule has 2 aromatic rings. The third-order valence-corrected chi connectivity index (χ3v) is 8.76. The molecule has 2 N–H and O–H groups in total. The highest BCUT2D eigenvalue weighted by atomic mass is 16.6. The van der Waals surface area contributed by atoms with Crippen LogP contribution in [0.3, 0.4) is 0 Å². The summed E-state index contributed by atoms with van der Waals surface area (Å²) in [5, 5.41) is 12.4. The Kier molecular flexibility index (Phi) is 7.06. The van der Waals surface area contributed by atoms with Crippen LogP contribution in [-0.2, 0) is 9.53 Å². The molecule has 6 rings (SSSR count). The Labute approximate surface area is 223 Å². The van der Waals surface area contributed by atoms with Crippen LogP contribution in [0, 0.1) is 5.92 Å². The maximum Gasteiger partial charge on any atom is 0.410 e. The number of carbonyl (C=O) groups is 2. The van der Waals surface area contributed by atoms with Gasteiger partial charge in [-0.25, -0.2) is 9.78 Å². The number of fused-ring (bicyclic) bond motifs is 1. The van der Waals surface area contributed by atoms with E-state index in [9.17, 15) is 9.59 Å². The molecule has 0 bridgehead atoms. The number of benzene rings is 1. The summed E-state index contributed by atoms with van der Waals surface area (Å²) < 4.78 is 6.00. The lowest BCUT2D eigenvalue weighted by Crippen LogP contribution is -2.50. The first-order valence-electron chi connectivity index (χ1n) is 13.9. The Morgan fingerprint density at radius 2 is 1.71 bits per heavy atom. The zero-order valence-corrected chi connectivity index (χ0v) is 21.6. The van der Waals surface area contributed by atoms with E-state index >= 15 is 0 Å². The van der Waals surface area contributed by atoms with Crippen molar-refractivity contribution in [1.29, 1.82) is 0 Å². The number of hydrogen-bond donors (Lipinski definition) is 2. The Balaban J connectivity index is 1.04. The second-order valence-corrected chi connectivity index (χ2v) is 11.0. The molecule has 4 aliphatic rings. The van der Waals surface area contributed by atoms with Gasteiger partial charge in [-0.3, -0.25) is 14.6 Å². The highest BCUT2D eigenvalue weighted by Crippen LogP contribution is 2.40. The maximum absolute atomic E-state index is 13.0. The predicted molar refractivity (Wildman–Crippen MR) is 142 cm³/mol. The lowest BCUT2D eigenvalue weighted by Gasteiger charge is -2.38. The Hall–Kier alpha value is -3.40. The van der Waals surface area contributed by atoms with Gasteiger partial charge in [-0.1, -0.05) is 18.2 Å². The number of nitrogens with one attached hydrogen (secondary N) is 1. The number of carboxylic acids is 1. The van der Waals surface area contributed by atoms with Crippen LogP contribution in [0.15, 0.2) is 42.6 Å². The number of amides is 1. The van der Waals surface area contributed by atoms with Gasteiger partial charge in [-0.05, 0) is 75.7 Å². The molecule has 10 nitrogen and oxygen atoms in total. The molecule has 3 unspecified atom stereocenters. The van der Waals surface area contributed by atoms with E-state index in [2.05, 4.69) is 20.1 Å². The largest absolute Gasteiger partial charge is 0.481 e. The van der Waals surface area contributed by atoms with Crippen LogP contribution >= 0.6 is 0 Å². The maximum atomic E-state index is 13.0. The van der Waals surface area contributed by atoms with E-state index in [1.807, 2.05) is 41.3 Å². The van der Waals surface area contributed by atoms with Crippen LogP contribution in [0.4, 0.5) is 22.2 Å². The van der Waals surface area contributed by atoms with E-state index < -0.39 is 5.97 Å². The molecule has 4 fully saturated rings. The first kappa shape index (κ1) is 24.9. The molecule has 1 amide bonds. The molecular formula is C28H36N6O4. The summed E-state index contributed by atoms with van der Waals surface area (Å²) in [4.78, 5) is 40.0. The minimum Gasteiger partial charge on any atom is -0.481 e. The van der Waals surface area contributed by atoms with Gasteiger partial charge in [0.05, 0.1) is 6.04 Å². The summed E-state index contributed by atoms with van der Waals surface area (Å²) in [6.45, 7) is 3.44. The summed E-state index contributed by atoms with van der Waals surface area (Å²) in [5.74, 6) is 1.02. The van der Waals surface area contributed by atoms with Crippen LogP contribution in [0.5, 0.6) is 0 Å². The number of carbonyl (C=O) groups excluding carboxylic acids is 1.